The van der Waals surface area contributed by atoms with E-state index in [1.54, 1.807) is 0 Å². The molecule has 0 N–H and O–H groups in total. The highest BCUT2D eigenvalue weighted by molar-refractivity contribution is 5.27. The van der Waals surface area contributed by atoms with Crippen molar-refractivity contribution in [3.8, 4) is 0 Å². The zero-order chi connectivity index (χ0) is 9.10. The summed E-state index contributed by atoms with van der Waals surface area (Å²) in [7, 11) is 0. The highest BCUT2D eigenvalue weighted by Crippen LogP contribution is 2.13. The fourth-order valence-electron chi connectivity index (χ4n) is 1.48. The lowest BCUT2D eigenvalue weighted by Crippen LogP contribution is -2.31. The van der Waals surface area contributed by atoms with Gasteiger partial charge >= 0.3 is 6.08 Å². The van der Waals surface area contributed by atoms with Gasteiger partial charge in [0.1, 0.15) is 0 Å². The normalized spacial score (nSPS) is 17.5. The number of piperidine rings is 1. The predicted molar refractivity (Wildman–Crippen MR) is 44.7 cm³/mol. The summed E-state index contributed by atoms with van der Waals surface area (Å²) >= 11 is 0. The number of nitrogens with zero attached hydrogens (tertiary/aromatic N) is 4. The Morgan fingerprint density at radius 2 is 1.92 bits per heavy atom. The number of aromatic nitrogens is 3. The van der Waals surface area contributed by atoms with Crippen LogP contribution in [0.25, 0.3) is 0 Å². The number of halogens is 1. The predicted octanol–water partition coefficient (Wildman–Crippen LogP) is 0.801. The Labute approximate surface area is 75.8 Å². The van der Waals surface area contributed by atoms with Gasteiger partial charge in [-0.25, -0.2) is 0 Å². The molecule has 2 heterocycles. The van der Waals surface area contributed by atoms with Crippen LogP contribution in [0.1, 0.15) is 19.3 Å². The van der Waals surface area contributed by atoms with Crippen molar-refractivity contribution in [2.45, 2.75) is 19.3 Å². The van der Waals surface area contributed by atoms with E-state index in [-0.39, 0.29) is 0 Å². The van der Waals surface area contributed by atoms with E-state index in [2.05, 4.69) is 21.3 Å². The molecule has 5 heteroatoms. The van der Waals surface area contributed by atoms with Gasteiger partial charge in [-0.1, -0.05) is 0 Å². The van der Waals surface area contributed by atoms with Gasteiger partial charge in [0.25, 0.3) is 0 Å². The molecule has 0 bridgehead atoms. The summed E-state index contributed by atoms with van der Waals surface area (Å²) in [6.07, 6.45) is 4.96. The van der Waals surface area contributed by atoms with Crippen molar-refractivity contribution in [1.82, 2.24) is 15.0 Å². The molecule has 4 nitrogen and oxygen atoms in total. The second-order valence-electron chi connectivity index (χ2n) is 3.05. The Hall–Kier alpha value is -1.26. The molecule has 1 aliphatic rings. The minimum atomic E-state index is -0.754. The van der Waals surface area contributed by atoms with Crippen molar-refractivity contribution in [2.24, 2.45) is 0 Å². The molecule has 0 atom stereocenters. The molecule has 1 fully saturated rings. The Morgan fingerprint density at radius 1 is 1.15 bits per heavy atom. The number of rotatable bonds is 1. The Balaban J connectivity index is 2.14. The van der Waals surface area contributed by atoms with Crippen LogP contribution >= 0.6 is 0 Å². The Kier molecular flexibility index (Phi) is 2.33. The van der Waals surface area contributed by atoms with Crippen LogP contribution in [0.3, 0.4) is 0 Å². The van der Waals surface area contributed by atoms with Crippen LogP contribution in [0.5, 0.6) is 0 Å². The molecule has 0 spiro atoms. The van der Waals surface area contributed by atoms with Crippen LogP contribution in [-0.4, -0.2) is 28.0 Å². The molecule has 0 saturated carbocycles. The molecule has 1 aromatic rings. The van der Waals surface area contributed by atoms with Gasteiger partial charge in [-0.05, 0) is 19.3 Å². The van der Waals surface area contributed by atoms with Crippen LogP contribution in [0.4, 0.5) is 10.3 Å². The maximum absolute atomic E-state index is 12.6. The van der Waals surface area contributed by atoms with E-state index >= 15 is 0 Å². The lowest BCUT2D eigenvalue weighted by molar-refractivity contribution is 0.515. The number of hydrogen-bond donors (Lipinski definition) is 0. The molecule has 13 heavy (non-hydrogen) atoms. The van der Waals surface area contributed by atoms with Crippen LogP contribution in [-0.2, 0) is 0 Å². The van der Waals surface area contributed by atoms with Gasteiger partial charge < -0.3 is 4.90 Å². The van der Waals surface area contributed by atoms with Gasteiger partial charge in [0, 0.05) is 13.1 Å². The van der Waals surface area contributed by atoms with Crippen molar-refractivity contribution in [2.75, 3.05) is 18.0 Å². The molecule has 1 aliphatic heterocycles. The molecule has 69 valence electrons. The Morgan fingerprint density at radius 3 is 2.62 bits per heavy atom. The van der Waals surface area contributed by atoms with E-state index in [0.717, 1.165) is 25.9 Å². The number of hydrogen-bond acceptors (Lipinski definition) is 4. The molecule has 0 amide bonds. The van der Waals surface area contributed by atoms with Gasteiger partial charge in [0.05, 0.1) is 0 Å². The fourth-order valence-corrected chi connectivity index (χ4v) is 1.48. The fraction of sp³-hybridized carbons (Fsp3) is 0.625. The van der Waals surface area contributed by atoms with Gasteiger partial charge in [-0.3, -0.25) is 0 Å². The minimum absolute atomic E-state index is 0.409. The molecular weight excluding hydrogens is 171 g/mol. The number of anilines is 1. The smallest absolute Gasteiger partial charge is 0.314 e. The first-order chi connectivity index (χ1) is 6.36. The van der Waals surface area contributed by atoms with Crippen LogP contribution < -0.4 is 4.90 Å². The minimum Gasteiger partial charge on any atom is -0.341 e. The first-order valence-corrected chi connectivity index (χ1v) is 4.39. The van der Waals surface area contributed by atoms with Crippen molar-refractivity contribution < 1.29 is 4.39 Å². The average molecular weight is 181 g/mol. The second kappa shape index (κ2) is 3.64. The third-order valence-corrected chi connectivity index (χ3v) is 2.12. The lowest BCUT2D eigenvalue weighted by atomic mass is 10.1. The molecular formula is C8H10FN4. The Bertz CT molecular complexity index is 285. The first-order valence-electron chi connectivity index (χ1n) is 4.39. The molecule has 0 unspecified atom stereocenters. The molecule has 1 saturated heterocycles. The summed E-state index contributed by atoms with van der Waals surface area (Å²) in [5.74, 6) is 0.409. The van der Waals surface area contributed by atoms with Crippen molar-refractivity contribution in [3.05, 3.63) is 12.4 Å². The molecule has 0 aromatic carbocycles. The van der Waals surface area contributed by atoms with Crippen LogP contribution in [0.15, 0.2) is 0 Å². The third-order valence-electron chi connectivity index (χ3n) is 2.12. The summed E-state index contributed by atoms with van der Waals surface area (Å²) < 4.78 is 12.6. The maximum Gasteiger partial charge on any atom is 0.314 e. The lowest BCUT2D eigenvalue weighted by Gasteiger charge is -2.25. The summed E-state index contributed by atoms with van der Waals surface area (Å²) in [5, 5.41) is 0. The zero-order valence-corrected chi connectivity index (χ0v) is 7.20. The zero-order valence-electron chi connectivity index (χ0n) is 7.20. The highest BCUT2D eigenvalue weighted by Gasteiger charge is 2.13. The summed E-state index contributed by atoms with van der Waals surface area (Å²) in [6.45, 7) is 1.80. The van der Waals surface area contributed by atoms with E-state index in [9.17, 15) is 4.39 Å². The molecule has 0 aliphatic carbocycles. The first kappa shape index (κ1) is 8.34. The largest absolute Gasteiger partial charge is 0.341 e. The highest BCUT2D eigenvalue weighted by atomic mass is 19.1. The van der Waals surface area contributed by atoms with E-state index in [1.807, 2.05) is 4.90 Å². The van der Waals surface area contributed by atoms with Gasteiger partial charge in [0.15, 0.2) is 0 Å². The molecule has 1 radical (unpaired) electrons. The topological polar surface area (TPSA) is 41.9 Å². The summed E-state index contributed by atoms with van der Waals surface area (Å²) in [5.41, 5.74) is 0. The van der Waals surface area contributed by atoms with E-state index in [4.69, 9.17) is 0 Å². The van der Waals surface area contributed by atoms with Crippen molar-refractivity contribution in [1.29, 1.82) is 0 Å². The molecule has 2 rings (SSSR count). The van der Waals surface area contributed by atoms with Gasteiger partial charge in [-0.2, -0.15) is 19.3 Å². The third kappa shape index (κ3) is 1.91. The van der Waals surface area contributed by atoms with Gasteiger partial charge in [-0.15, -0.1) is 0 Å². The summed E-state index contributed by atoms with van der Waals surface area (Å²) in [6, 6.07) is 0. The quantitative estimate of drug-likeness (QED) is 0.642. The monoisotopic (exact) mass is 181 g/mol. The van der Waals surface area contributed by atoms with E-state index < -0.39 is 6.08 Å². The van der Waals surface area contributed by atoms with E-state index in [1.165, 1.54) is 6.42 Å². The SMILES string of the molecule is Fc1n[c]nc(N2CCCCC2)n1. The van der Waals surface area contributed by atoms with Crippen LogP contribution in [0, 0.1) is 12.4 Å². The van der Waals surface area contributed by atoms with Crippen molar-refractivity contribution in [3.63, 3.8) is 0 Å². The van der Waals surface area contributed by atoms with Crippen LogP contribution in [0.2, 0.25) is 0 Å². The standard InChI is InChI=1S/C8H10FN4/c9-7-10-6-11-8(12-7)13-4-2-1-3-5-13/h1-5H2. The average Bonchev–Trinajstić information content (AvgIpc) is 2.19. The van der Waals surface area contributed by atoms with Crippen molar-refractivity contribution >= 4 is 5.95 Å². The molecule has 1 aromatic heterocycles. The maximum atomic E-state index is 12.6. The van der Waals surface area contributed by atoms with Gasteiger partial charge in [0.2, 0.25) is 12.3 Å². The summed E-state index contributed by atoms with van der Waals surface area (Å²) in [4.78, 5) is 12.6. The van der Waals surface area contributed by atoms with E-state index in [0.29, 0.717) is 5.95 Å². The second-order valence-corrected chi connectivity index (χ2v) is 3.05.